The molecule has 2 heterocycles. The van der Waals surface area contributed by atoms with E-state index in [1.807, 2.05) is 17.2 Å². The summed E-state index contributed by atoms with van der Waals surface area (Å²) in [7, 11) is 0. The van der Waals surface area contributed by atoms with Crippen LogP contribution < -0.4 is 0 Å². The minimum atomic E-state index is -0.742. The standard InChI is InChI=1S/C14H21N3O2/c1-11(13-4-3-5-15-10-13)16-6-8-17(9-7-16)12(2)14(18)19/h3-5,10-12H,6-9H2,1-2H3,(H,18,19)/t11-,12+/m0/s1. The van der Waals surface area contributed by atoms with Crippen LogP contribution in [0.5, 0.6) is 0 Å². The van der Waals surface area contributed by atoms with Crippen molar-refractivity contribution < 1.29 is 9.90 Å². The molecule has 1 aliphatic heterocycles. The molecule has 0 unspecified atom stereocenters. The molecule has 104 valence electrons. The van der Waals surface area contributed by atoms with Crippen molar-refractivity contribution in [3.05, 3.63) is 30.1 Å². The minimum Gasteiger partial charge on any atom is -0.480 e. The van der Waals surface area contributed by atoms with Crippen molar-refractivity contribution in [3.63, 3.8) is 0 Å². The van der Waals surface area contributed by atoms with Crippen molar-refractivity contribution in [2.24, 2.45) is 0 Å². The first kappa shape index (κ1) is 14.0. The third-order valence-corrected chi connectivity index (χ3v) is 3.97. The monoisotopic (exact) mass is 263 g/mol. The van der Waals surface area contributed by atoms with E-state index in [-0.39, 0.29) is 0 Å². The van der Waals surface area contributed by atoms with Crippen molar-refractivity contribution in [2.45, 2.75) is 25.9 Å². The van der Waals surface area contributed by atoms with Crippen LogP contribution >= 0.6 is 0 Å². The molecule has 0 aromatic carbocycles. The molecular formula is C14H21N3O2. The average molecular weight is 263 g/mol. The van der Waals surface area contributed by atoms with Gasteiger partial charge in [-0.3, -0.25) is 19.6 Å². The Morgan fingerprint density at radius 3 is 2.42 bits per heavy atom. The molecule has 5 nitrogen and oxygen atoms in total. The molecule has 0 radical (unpaired) electrons. The molecule has 1 aliphatic rings. The number of hydrogen-bond acceptors (Lipinski definition) is 4. The maximum atomic E-state index is 11.0. The lowest BCUT2D eigenvalue weighted by Gasteiger charge is -2.39. The van der Waals surface area contributed by atoms with Gasteiger partial charge in [0.25, 0.3) is 0 Å². The number of carbonyl (C=O) groups is 1. The fraction of sp³-hybridized carbons (Fsp3) is 0.571. The lowest BCUT2D eigenvalue weighted by Crippen LogP contribution is -2.52. The number of aromatic nitrogens is 1. The van der Waals surface area contributed by atoms with Crippen LogP contribution in [0.1, 0.15) is 25.5 Å². The first-order chi connectivity index (χ1) is 9.09. The van der Waals surface area contributed by atoms with Crippen LogP contribution in [-0.4, -0.2) is 58.1 Å². The lowest BCUT2D eigenvalue weighted by molar-refractivity contribution is -0.143. The molecule has 2 rings (SSSR count). The zero-order valence-electron chi connectivity index (χ0n) is 11.5. The van der Waals surface area contributed by atoms with Crippen LogP contribution in [0.25, 0.3) is 0 Å². The zero-order chi connectivity index (χ0) is 13.8. The van der Waals surface area contributed by atoms with Gasteiger partial charge in [0.05, 0.1) is 0 Å². The van der Waals surface area contributed by atoms with E-state index >= 15 is 0 Å². The van der Waals surface area contributed by atoms with E-state index in [1.54, 1.807) is 13.1 Å². The van der Waals surface area contributed by atoms with Gasteiger partial charge in [0.1, 0.15) is 6.04 Å². The number of hydrogen-bond donors (Lipinski definition) is 1. The molecule has 1 N–H and O–H groups in total. The Morgan fingerprint density at radius 1 is 1.26 bits per heavy atom. The molecule has 0 spiro atoms. The summed E-state index contributed by atoms with van der Waals surface area (Å²) in [5.74, 6) is -0.742. The van der Waals surface area contributed by atoms with Gasteiger partial charge in [0, 0.05) is 44.6 Å². The van der Waals surface area contributed by atoms with Gasteiger partial charge in [0.2, 0.25) is 0 Å². The number of nitrogens with zero attached hydrogens (tertiary/aromatic N) is 3. The summed E-state index contributed by atoms with van der Waals surface area (Å²) in [5, 5.41) is 9.02. The Kier molecular flexibility index (Phi) is 4.50. The Bertz CT molecular complexity index is 416. The van der Waals surface area contributed by atoms with Crippen LogP contribution in [0.3, 0.4) is 0 Å². The van der Waals surface area contributed by atoms with Crippen LogP contribution in [0.15, 0.2) is 24.5 Å². The highest BCUT2D eigenvalue weighted by atomic mass is 16.4. The molecule has 0 bridgehead atoms. The normalized spacial score (nSPS) is 20.9. The molecule has 5 heteroatoms. The van der Waals surface area contributed by atoms with E-state index in [0.29, 0.717) is 6.04 Å². The zero-order valence-corrected chi connectivity index (χ0v) is 11.5. The van der Waals surface area contributed by atoms with Crippen molar-refractivity contribution >= 4 is 5.97 Å². The summed E-state index contributed by atoms with van der Waals surface area (Å²) in [5.41, 5.74) is 1.21. The van der Waals surface area contributed by atoms with Gasteiger partial charge in [-0.05, 0) is 25.5 Å². The van der Waals surface area contributed by atoms with E-state index in [1.165, 1.54) is 5.56 Å². The quantitative estimate of drug-likeness (QED) is 0.885. The Hall–Kier alpha value is -1.46. The van der Waals surface area contributed by atoms with Gasteiger partial charge in [-0.2, -0.15) is 0 Å². The number of carboxylic acid groups (broad SMARTS) is 1. The van der Waals surface area contributed by atoms with Gasteiger partial charge < -0.3 is 5.11 Å². The largest absolute Gasteiger partial charge is 0.480 e. The highest BCUT2D eigenvalue weighted by Gasteiger charge is 2.27. The third-order valence-electron chi connectivity index (χ3n) is 3.97. The van der Waals surface area contributed by atoms with Gasteiger partial charge >= 0.3 is 5.97 Å². The summed E-state index contributed by atoms with van der Waals surface area (Å²) in [6, 6.07) is 3.98. The van der Waals surface area contributed by atoms with E-state index in [2.05, 4.69) is 22.9 Å². The second-order valence-corrected chi connectivity index (χ2v) is 5.05. The fourth-order valence-electron chi connectivity index (χ4n) is 2.50. The van der Waals surface area contributed by atoms with Crippen molar-refractivity contribution in [1.29, 1.82) is 0 Å². The van der Waals surface area contributed by atoms with Crippen LogP contribution in [0.4, 0.5) is 0 Å². The number of rotatable bonds is 4. The van der Waals surface area contributed by atoms with Gasteiger partial charge in [0.15, 0.2) is 0 Å². The molecule has 1 fully saturated rings. The van der Waals surface area contributed by atoms with Gasteiger partial charge in [-0.25, -0.2) is 0 Å². The van der Waals surface area contributed by atoms with Crippen molar-refractivity contribution in [3.8, 4) is 0 Å². The van der Waals surface area contributed by atoms with E-state index in [0.717, 1.165) is 26.2 Å². The number of piperazine rings is 1. The van der Waals surface area contributed by atoms with E-state index in [9.17, 15) is 4.79 Å². The molecule has 1 aromatic rings. The predicted octanol–water partition coefficient (Wildman–Crippen LogP) is 1.23. The second-order valence-electron chi connectivity index (χ2n) is 5.05. The van der Waals surface area contributed by atoms with E-state index < -0.39 is 12.0 Å². The molecule has 1 aromatic heterocycles. The first-order valence-corrected chi connectivity index (χ1v) is 6.70. The fourth-order valence-corrected chi connectivity index (χ4v) is 2.50. The number of carboxylic acids is 1. The Labute approximate surface area is 113 Å². The molecule has 19 heavy (non-hydrogen) atoms. The van der Waals surface area contributed by atoms with E-state index in [4.69, 9.17) is 5.11 Å². The van der Waals surface area contributed by atoms with Gasteiger partial charge in [-0.1, -0.05) is 6.07 Å². The molecule has 1 saturated heterocycles. The summed E-state index contributed by atoms with van der Waals surface area (Å²) < 4.78 is 0. The van der Waals surface area contributed by atoms with Crippen LogP contribution in [0.2, 0.25) is 0 Å². The second kappa shape index (κ2) is 6.12. The summed E-state index contributed by atoms with van der Waals surface area (Å²) >= 11 is 0. The molecular weight excluding hydrogens is 242 g/mol. The van der Waals surface area contributed by atoms with Crippen LogP contribution in [-0.2, 0) is 4.79 Å². The molecule has 0 aliphatic carbocycles. The number of aliphatic carboxylic acids is 1. The Balaban J connectivity index is 1.91. The first-order valence-electron chi connectivity index (χ1n) is 6.70. The minimum absolute atomic E-state index is 0.330. The predicted molar refractivity (Wildman–Crippen MR) is 72.9 cm³/mol. The summed E-state index contributed by atoms with van der Waals surface area (Å²) in [6.45, 7) is 7.33. The highest BCUT2D eigenvalue weighted by Crippen LogP contribution is 2.21. The molecule has 2 atom stereocenters. The van der Waals surface area contributed by atoms with Crippen molar-refractivity contribution in [1.82, 2.24) is 14.8 Å². The van der Waals surface area contributed by atoms with Gasteiger partial charge in [-0.15, -0.1) is 0 Å². The molecule has 0 saturated carbocycles. The smallest absolute Gasteiger partial charge is 0.320 e. The maximum Gasteiger partial charge on any atom is 0.320 e. The Morgan fingerprint density at radius 2 is 1.89 bits per heavy atom. The summed E-state index contributed by atoms with van der Waals surface area (Å²) in [4.78, 5) is 19.5. The summed E-state index contributed by atoms with van der Waals surface area (Å²) in [6.07, 6.45) is 3.68. The average Bonchev–Trinajstić information content (AvgIpc) is 2.46. The van der Waals surface area contributed by atoms with Crippen molar-refractivity contribution in [2.75, 3.05) is 26.2 Å². The SMILES string of the molecule is C[C@H](C(=O)O)N1CCN([C@@H](C)c2cccnc2)CC1. The molecule has 0 amide bonds. The highest BCUT2D eigenvalue weighted by molar-refractivity contribution is 5.72. The topological polar surface area (TPSA) is 56.7 Å². The maximum absolute atomic E-state index is 11.0. The lowest BCUT2D eigenvalue weighted by atomic mass is 10.1. The van der Waals surface area contributed by atoms with Crippen LogP contribution in [0, 0.1) is 0 Å². The number of pyridine rings is 1. The third kappa shape index (κ3) is 3.30.